The van der Waals surface area contributed by atoms with Crippen molar-refractivity contribution in [3.8, 4) is 0 Å². The normalized spacial score (nSPS) is 17.6. The van der Waals surface area contributed by atoms with Gasteiger partial charge >= 0.3 is 11.5 Å². The molecular weight excluding hydrogens is 446 g/mol. The molecule has 5 nitrogen and oxygen atoms in total. The second-order valence-electron chi connectivity index (χ2n) is 7.71. The van der Waals surface area contributed by atoms with Gasteiger partial charge in [0.2, 0.25) is 0 Å². The third-order valence-corrected chi connectivity index (χ3v) is 6.45. The number of fused-ring (bicyclic) bond motifs is 1. The summed E-state index contributed by atoms with van der Waals surface area (Å²) in [5, 5.41) is 0.551. The lowest BCUT2D eigenvalue weighted by Crippen LogP contribution is -2.36. The van der Waals surface area contributed by atoms with Gasteiger partial charge in [-0.25, -0.2) is 14.1 Å². The van der Waals surface area contributed by atoms with Crippen molar-refractivity contribution in [2.45, 2.75) is 35.3 Å². The lowest BCUT2D eigenvalue weighted by molar-refractivity contribution is -0.120. The quantitative estimate of drug-likeness (QED) is 0.293. The topological polar surface area (TPSA) is 53.5 Å². The Bertz CT molecular complexity index is 1240. The largest absolute Gasteiger partial charge is 0.446 e. The van der Waals surface area contributed by atoms with Crippen LogP contribution < -0.4 is 4.90 Å². The van der Waals surface area contributed by atoms with Crippen LogP contribution in [-0.2, 0) is 11.3 Å². The highest BCUT2D eigenvalue weighted by molar-refractivity contribution is 8.00. The number of hydrogen-bond acceptors (Lipinski definition) is 4. The van der Waals surface area contributed by atoms with E-state index >= 15 is 0 Å². The fraction of sp³-hybridized carbons (Fsp3) is 0.227. The molecule has 0 atom stereocenters. The fourth-order valence-electron chi connectivity index (χ4n) is 4.04. The van der Waals surface area contributed by atoms with Crippen LogP contribution in [0.4, 0.5) is 28.0 Å². The van der Waals surface area contributed by atoms with E-state index in [2.05, 4.69) is 4.98 Å². The number of imide groups is 1. The molecule has 1 spiro atoms. The average molecular weight is 461 g/mol. The van der Waals surface area contributed by atoms with Crippen LogP contribution >= 0.6 is 11.8 Å². The smallest absolute Gasteiger partial charge is 0.305 e. The molecule has 2 heterocycles. The SMILES string of the molecule is O=C1N(c2ccc(SC(F)(F)F)cc2)C(=O)C2(CC2)N1Cc1ccnc2ccc(F)cc12. The number of benzene rings is 2. The number of carbonyl (C=O) groups excluding carboxylic acids is 2. The molecule has 2 aliphatic rings. The summed E-state index contributed by atoms with van der Waals surface area (Å²) < 4.78 is 51.6. The predicted molar refractivity (Wildman–Crippen MR) is 110 cm³/mol. The highest BCUT2D eigenvalue weighted by Crippen LogP contribution is 2.50. The molecule has 1 aliphatic carbocycles. The van der Waals surface area contributed by atoms with Crippen molar-refractivity contribution in [1.29, 1.82) is 0 Å². The number of rotatable bonds is 4. The van der Waals surface area contributed by atoms with Crippen LogP contribution in [0.2, 0.25) is 0 Å². The number of aromatic nitrogens is 1. The Morgan fingerprint density at radius 2 is 1.75 bits per heavy atom. The minimum Gasteiger partial charge on any atom is -0.305 e. The highest BCUT2D eigenvalue weighted by atomic mass is 32.2. The highest BCUT2D eigenvalue weighted by Gasteiger charge is 2.65. The molecule has 1 saturated heterocycles. The number of anilines is 1. The summed E-state index contributed by atoms with van der Waals surface area (Å²) in [5.74, 6) is -0.835. The van der Waals surface area contributed by atoms with Gasteiger partial charge in [-0.05, 0) is 78.7 Å². The third kappa shape index (κ3) is 3.48. The number of nitrogens with zero attached hydrogens (tertiary/aromatic N) is 3. The van der Waals surface area contributed by atoms with Crippen LogP contribution in [0.1, 0.15) is 18.4 Å². The Kier molecular flexibility index (Phi) is 4.66. The molecule has 0 bridgehead atoms. The maximum atomic E-state index is 13.8. The van der Waals surface area contributed by atoms with Gasteiger partial charge in [0, 0.05) is 23.0 Å². The summed E-state index contributed by atoms with van der Waals surface area (Å²) in [6.45, 7) is 0.0888. The second kappa shape index (κ2) is 7.19. The molecule has 0 N–H and O–H groups in total. The lowest BCUT2D eigenvalue weighted by atomic mass is 10.1. The first-order chi connectivity index (χ1) is 15.2. The van der Waals surface area contributed by atoms with Gasteiger partial charge in [-0.1, -0.05) is 0 Å². The van der Waals surface area contributed by atoms with Gasteiger partial charge in [0.1, 0.15) is 11.4 Å². The molecule has 2 aromatic carbocycles. The Balaban J connectivity index is 1.46. The number of thioether (sulfide) groups is 1. The summed E-state index contributed by atoms with van der Waals surface area (Å²) in [4.78, 5) is 33.0. The van der Waals surface area contributed by atoms with Crippen molar-refractivity contribution >= 4 is 40.3 Å². The Morgan fingerprint density at radius 1 is 1.03 bits per heavy atom. The zero-order valence-electron chi connectivity index (χ0n) is 16.4. The number of carbonyl (C=O) groups is 2. The van der Waals surface area contributed by atoms with Gasteiger partial charge in [0.25, 0.3) is 5.91 Å². The number of alkyl halides is 3. The van der Waals surface area contributed by atoms with E-state index in [0.29, 0.717) is 29.3 Å². The molecule has 164 valence electrons. The molecule has 3 aromatic rings. The number of urea groups is 1. The molecule has 32 heavy (non-hydrogen) atoms. The Morgan fingerprint density at radius 3 is 2.41 bits per heavy atom. The molecule has 2 fully saturated rings. The third-order valence-electron chi connectivity index (χ3n) is 5.71. The van der Waals surface area contributed by atoms with E-state index in [4.69, 9.17) is 0 Å². The van der Waals surface area contributed by atoms with E-state index in [1.54, 1.807) is 18.3 Å². The molecule has 1 aromatic heterocycles. The van der Waals surface area contributed by atoms with Gasteiger partial charge in [-0.2, -0.15) is 13.2 Å². The van der Waals surface area contributed by atoms with Crippen molar-refractivity contribution in [2.75, 3.05) is 4.90 Å². The van der Waals surface area contributed by atoms with Gasteiger partial charge in [-0.3, -0.25) is 9.78 Å². The molecule has 5 rings (SSSR count). The van der Waals surface area contributed by atoms with Crippen LogP contribution in [0.15, 0.2) is 59.6 Å². The second-order valence-corrected chi connectivity index (χ2v) is 8.85. The Hall–Kier alpha value is -3.14. The van der Waals surface area contributed by atoms with Crippen molar-refractivity contribution in [3.05, 3.63) is 66.1 Å². The summed E-state index contributed by atoms with van der Waals surface area (Å²) in [6.07, 6.45) is 2.55. The molecule has 0 unspecified atom stereocenters. The standard InChI is InChI=1S/C22H15F4N3O2S/c23-14-1-6-18-17(11-14)13(7-10-27-18)12-28-20(31)29(19(30)21(28)8-9-21)15-2-4-16(5-3-15)32-22(24,25)26/h1-7,10-11H,8-9,12H2. The van der Waals surface area contributed by atoms with Crippen LogP contribution in [0.5, 0.6) is 0 Å². The zero-order chi connectivity index (χ0) is 22.7. The number of halogens is 4. The van der Waals surface area contributed by atoms with Gasteiger partial charge < -0.3 is 4.90 Å². The van der Waals surface area contributed by atoms with Crippen molar-refractivity contribution in [2.24, 2.45) is 0 Å². The van der Waals surface area contributed by atoms with Crippen molar-refractivity contribution in [3.63, 3.8) is 0 Å². The van der Waals surface area contributed by atoms with Gasteiger partial charge in [0.15, 0.2) is 0 Å². The van der Waals surface area contributed by atoms with Crippen molar-refractivity contribution < 1.29 is 27.2 Å². The van der Waals surface area contributed by atoms with Crippen LogP contribution in [0.3, 0.4) is 0 Å². The van der Waals surface area contributed by atoms with Gasteiger partial charge in [0.05, 0.1) is 11.2 Å². The first-order valence-corrected chi connectivity index (χ1v) is 10.5. The first kappa shape index (κ1) is 20.7. The molecule has 3 amide bonds. The van der Waals surface area contributed by atoms with Gasteiger partial charge in [-0.15, -0.1) is 0 Å². The number of pyridine rings is 1. The summed E-state index contributed by atoms with van der Waals surface area (Å²) in [6, 6.07) is 10.5. The van der Waals surface area contributed by atoms with Crippen LogP contribution in [0.25, 0.3) is 10.9 Å². The predicted octanol–water partition coefficient (Wildman–Crippen LogP) is 5.49. The molecular formula is C22H15F4N3O2S. The van der Waals surface area contributed by atoms with E-state index in [0.717, 1.165) is 4.90 Å². The summed E-state index contributed by atoms with van der Waals surface area (Å²) in [5.41, 5.74) is -3.96. The maximum absolute atomic E-state index is 13.8. The van der Waals surface area contributed by atoms with E-state index in [1.165, 1.54) is 41.3 Å². The molecule has 0 radical (unpaired) electrons. The fourth-order valence-corrected chi connectivity index (χ4v) is 4.58. The molecule has 1 saturated carbocycles. The lowest BCUT2D eigenvalue weighted by Gasteiger charge is -2.22. The van der Waals surface area contributed by atoms with E-state index in [-0.39, 0.29) is 28.9 Å². The Labute approximate surface area is 184 Å². The summed E-state index contributed by atoms with van der Waals surface area (Å²) in [7, 11) is 0. The zero-order valence-corrected chi connectivity index (χ0v) is 17.2. The number of hydrogen-bond donors (Lipinski definition) is 0. The maximum Gasteiger partial charge on any atom is 0.446 e. The van der Waals surface area contributed by atoms with Crippen LogP contribution in [-0.4, -0.2) is 32.9 Å². The van der Waals surface area contributed by atoms with E-state index in [1.807, 2.05) is 0 Å². The number of amides is 3. The minimum atomic E-state index is -4.43. The van der Waals surface area contributed by atoms with Crippen molar-refractivity contribution in [1.82, 2.24) is 9.88 Å². The minimum absolute atomic E-state index is 0.0383. The van der Waals surface area contributed by atoms with E-state index < -0.39 is 28.8 Å². The summed E-state index contributed by atoms with van der Waals surface area (Å²) >= 11 is -0.265. The average Bonchev–Trinajstić information content (AvgIpc) is 3.50. The van der Waals surface area contributed by atoms with Crippen LogP contribution in [0, 0.1) is 5.82 Å². The monoisotopic (exact) mass is 461 g/mol. The first-order valence-electron chi connectivity index (χ1n) is 9.73. The molecule has 1 aliphatic heterocycles. The molecule has 10 heteroatoms. The van der Waals surface area contributed by atoms with E-state index in [9.17, 15) is 27.2 Å².